The summed E-state index contributed by atoms with van der Waals surface area (Å²) in [5.74, 6) is -0.594. The van der Waals surface area contributed by atoms with Gasteiger partial charge in [-0.15, -0.1) is 0 Å². The minimum Gasteiger partial charge on any atom is -0.452 e. The first-order valence-electron chi connectivity index (χ1n) is 8.63. The highest BCUT2D eigenvalue weighted by atomic mass is 35.5. The van der Waals surface area contributed by atoms with Crippen LogP contribution in [0.5, 0.6) is 5.75 Å². The third kappa shape index (κ3) is 3.42. The lowest BCUT2D eigenvalue weighted by molar-refractivity contribution is 0.0731. The summed E-state index contributed by atoms with van der Waals surface area (Å²) < 4.78 is 11.5. The van der Waals surface area contributed by atoms with E-state index in [2.05, 4.69) is 0 Å². The molecule has 0 aliphatic rings. The number of benzene rings is 3. The summed E-state index contributed by atoms with van der Waals surface area (Å²) in [4.78, 5) is 25.8. The minimum atomic E-state index is -0.630. The Hall–Kier alpha value is -3.37. The fraction of sp³-hybridized carbons (Fsp3) is 0.0435. The second-order valence-corrected chi connectivity index (χ2v) is 6.79. The summed E-state index contributed by atoms with van der Waals surface area (Å²) in [6.45, 7) is 1.87. The lowest BCUT2D eigenvalue weighted by Crippen LogP contribution is -2.16. The lowest BCUT2D eigenvalue weighted by Gasteiger charge is -2.11. The highest BCUT2D eigenvalue weighted by molar-refractivity contribution is 6.31. The van der Waals surface area contributed by atoms with Gasteiger partial charge < -0.3 is 9.15 Å². The molecule has 0 aliphatic carbocycles. The number of fused-ring (bicyclic) bond motifs is 1. The number of hydrogen-bond acceptors (Lipinski definition) is 4. The summed E-state index contributed by atoms with van der Waals surface area (Å²) in [7, 11) is 0. The molecule has 1 heterocycles. The molecule has 5 heteroatoms. The lowest BCUT2D eigenvalue weighted by atomic mass is 10.1. The molecule has 0 saturated heterocycles. The van der Waals surface area contributed by atoms with Gasteiger partial charge in [0, 0.05) is 10.6 Å². The van der Waals surface area contributed by atoms with E-state index in [-0.39, 0.29) is 16.9 Å². The van der Waals surface area contributed by atoms with Crippen LogP contribution in [0.4, 0.5) is 0 Å². The number of halogens is 1. The summed E-state index contributed by atoms with van der Waals surface area (Å²) in [6.07, 6.45) is 0. The molecule has 0 atom stereocenters. The Morgan fingerprint density at radius 1 is 0.964 bits per heavy atom. The van der Waals surface area contributed by atoms with Crippen molar-refractivity contribution in [2.45, 2.75) is 6.92 Å². The maximum Gasteiger partial charge on any atom is 0.343 e. The van der Waals surface area contributed by atoms with Crippen LogP contribution in [0, 0.1) is 6.92 Å². The Kier molecular flexibility index (Phi) is 4.72. The topological polar surface area (TPSA) is 56.5 Å². The summed E-state index contributed by atoms with van der Waals surface area (Å²) in [6, 6.07) is 20.8. The van der Waals surface area contributed by atoms with E-state index in [0.717, 1.165) is 5.56 Å². The predicted molar refractivity (Wildman–Crippen MR) is 109 cm³/mol. The summed E-state index contributed by atoms with van der Waals surface area (Å²) >= 11 is 6.03. The second kappa shape index (κ2) is 7.33. The molecule has 0 unspecified atom stereocenters. The first-order valence-corrected chi connectivity index (χ1v) is 9.01. The van der Waals surface area contributed by atoms with Crippen molar-refractivity contribution >= 4 is 28.5 Å². The molecule has 0 amide bonds. The van der Waals surface area contributed by atoms with Crippen LogP contribution >= 0.6 is 11.6 Å². The van der Waals surface area contributed by atoms with Crippen molar-refractivity contribution in [1.29, 1.82) is 0 Å². The van der Waals surface area contributed by atoms with E-state index in [4.69, 9.17) is 20.8 Å². The van der Waals surface area contributed by atoms with Gasteiger partial charge in [0.2, 0.25) is 11.2 Å². The quantitative estimate of drug-likeness (QED) is 0.425. The van der Waals surface area contributed by atoms with E-state index in [1.807, 2.05) is 31.2 Å². The average molecular weight is 391 g/mol. The van der Waals surface area contributed by atoms with Gasteiger partial charge in [0.1, 0.15) is 5.58 Å². The Morgan fingerprint density at radius 2 is 1.75 bits per heavy atom. The number of carbonyl (C=O) groups excluding carboxylic acids is 1. The van der Waals surface area contributed by atoms with Gasteiger partial charge in [0.15, 0.2) is 5.76 Å². The SMILES string of the molecule is Cc1cccc(C(=O)Oc2c(-c3ccccc3)oc3ccc(Cl)cc3c2=O)c1. The van der Waals surface area contributed by atoms with Gasteiger partial charge >= 0.3 is 5.97 Å². The van der Waals surface area contributed by atoms with Crippen LogP contribution in [0.2, 0.25) is 5.02 Å². The van der Waals surface area contributed by atoms with Crippen molar-refractivity contribution < 1.29 is 13.9 Å². The molecule has 0 radical (unpaired) electrons. The maximum atomic E-state index is 13.1. The molecular weight excluding hydrogens is 376 g/mol. The zero-order valence-electron chi connectivity index (χ0n) is 14.9. The van der Waals surface area contributed by atoms with Gasteiger partial charge in [-0.3, -0.25) is 4.79 Å². The number of aryl methyl sites for hydroxylation is 1. The number of esters is 1. The zero-order valence-corrected chi connectivity index (χ0v) is 15.7. The van der Waals surface area contributed by atoms with Crippen molar-refractivity contribution in [3.63, 3.8) is 0 Å². The van der Waals surface area contributed by atoms with Crippen LogP contribution in [0.1, 0.15) is 15.9 Å². The Morgan fingerprint density at radius 3 is 2.50 bits per heavy atom. The molecule has 0 aliphatic heterocycles. The van der Waals surface area contributed by atoms with Crippen molar-refractivity contribution in [2.75, 3.05) is 0 Å². The zero-order chi connectivity index (χ0) is 19.7. The monoisotopic (exact) mass is 390 g/mol. The van der Waals surface area contributed by atoms with Crippen molar-refractivity contribution in [3.8, 4) is 17.1 Å². The summed E-state index contributed by atoms with van der Waals surface area (Å²) in [5.41, 5.74) is 1.80. The molecule has 0 saturated carbocycles. The second-order valence-electron chi connectivity index (χ2n) is 6.35. The van der Waals surface area contributed by atoms with Gasteiger partial charge in [-0.25, -0.2) is 4.79 Å². The molecule has 0 fully saturated rings. The van der Waals surface area contributed by atoms with Crippen LogP contribution in [-0.2, 0) is 0 Å². The minimum absolute atomic E-state index is 0.160. The van der Waals surface area contributed by atoms with Crippen molar-refractivity contribution in [3.05, 3.63) is 99.2 Å². The number of carbonyl (C=O) groups is 1. The smallest absolute Gasteiger partial charge is 0.343 e. The molecule has 138 valence electrons. The number of hydrogen-bond donors (Lipinski definition) is 0. The Balaban J connectivity index is 1.91. The van der Waals surface area contributed by atoms with E-state index >= 15 is 0 Å². The third-order valence-electron chi connectivity index (χ3n) is 4.30. The van der Waals surface area contributed by atoms with Crippen LogP contribution in [0.25, 0.3) is 22.3 Å². The molecule has 0 spiro atoms. The average Bonchev–Trinajstić information content (AvgIpc) is 2.71. The summed E-state index contributed by atoms with van der Waals surface area (Å²) in [5, 5.41) is 0.641. The molecular formula is C23H15ClO4. The van der Waals surface area contributed by atoms with Crippen LogP contribution < -0.4 is 10.2 Å². The van der Waals surface area contributed by atoms with Crippen molar-refractivity contribution in [2.24, 2.45) is 0 Å². The molecule has 0 N–H and O–H groups in total. The maximum absolute atomic E-state index is 13.1. The Bertz CT molecular complexity index is 1240. The highest BCUT2D eigenvalue weighted by Gasteiger charge is 2.21. The fourth-order valence-electron chi connectivity index (χ4n) is 2.95. The van der Waals surface area contributed by atoms with E-state index in [9.17, 15) is 9.59 Å². The fourth-order valence-corrected chi connectivity index (χ4v) is 3.12. The highest BCUT2D eigenvalue weighted by Crippen LogP contribution is 2.32. The molecule has 28 heavy (non-hydrogen) atoms. The normalized spacial score (nSPS) is 10.8. The number of ether oxygens (including phenoxy) is 1. The van der Waals surface area contributed by atoms with E-state index in [1.54, 1.807) is 42.5 Å². The van der Waals surface area contributed by atoms with E-state index in [0.29, 0.717) is 21.7 Å². The number of rotatable bonds is 3. The van der Waals surface area contributed by atoms with Gasteiger partial charge in [-0.05, 0) is 37.3 Å². The molecule has 4 aromatic rings. The third-order valence-corrected chi connectivity index (χ3v) is 4.53. The first-order chi connectivity index (χ1) is 13.5. The van der Waals surface area contributed by atoms with Crippen LogP contribution in [0.15, 0.2) is 82.0 Å². The molecule has 0 bridgehead atoms. The predicted octanol–water partition coefficient (Wildman–Crippen LogP) is 5.64. The van der Waals surface area contributed by atoms with Crippen molar-refractivity contribution in [1.82, 2.24) is 0 Å². The molecule has 4 nitrogen and oxygen atoms in total. The van der Waals surface area contributed by atoms with Gasteiger partial charge in [0.05, 0.1) is 10.9 Å². The Labute approximate surface area is 166 Å². The van der Waals surface area contributed by atoms with E-state index < -0.39 is 11.4 Å². The standard InChI is InChI=1S/C23H15ClO4/c1-14-6-5-9-16(12-14)23(26)28-22-20(25)18-13-17(24)10-11-19(18)27-21(22)15-7-3-2-4-8-15/h2-13H,1H3. The molecule has 4 rings (SSSR count). The van der Waals surface area contributed by atoms with E-state index in [1.165, 1.54) is 6.07 Å². The van der Waals surface area contributed by atoms with Crippen LogP contribution in [0.3, 0.4) is 0 Å². The van der Waals surface area contributed by atoms with Gasteiger partial charge in [0.25, 0.3) is 0 Å². The van der Waals surface area contributed by atoms with Gasteiger partial charge in [-0.2, -0.15) is 0 Å². The first kappa shape index (κ1) is 18.0. The largest absolute Gasteiger partial charge is 0.452 e. The van der Waals surface area contributed by atoms with Gasteiger partial charge in [-0.1, -0.05) is 59.6 Å². The van der Waals surface area contributed by atoms with Crippen LogP contribution in [-0.4, -0.2) is 5.97 Å². The molecule has 1 aromatic heterocycles. The molecule has 3 aromatic carbocycles.